The summed E-state index contributed by atoms with van der Waals surface area (Å²) >= 11 is 0. The van der Waals surface area contributed by atoms with Crippen LogP contribution in [0.2, 0.25) is 0 Å². The van der Waals surface area contributed by atoms with E-state index in [1.54, 1.807) is 0 Å². The molecule has 0 aliphatic rings. The van der Waals surface area contributed by atoms with Gasteiger partial charge in [0.2, 0.25) is 0 Å². The van der Waals surface area contributed by atoms with Crippen molar-refractivity contribution in [2.75, 3.05) is 13.1 Å². The molecule has 2 nitrogen and oxygen atoms in total. The van der Waals surface area contributed by atoms with Crippen LogP contribution < -0.4 is 11.5 Å². The van der Waals surface area contributed by atoms with Gasteiger partial charge < -0.3 is 11.5 Å². The van der Waals surface area contributed by atoms with E-state index >= 15 is 0 Å². The average molecular weight is 182 g/mol. The number of alkyl halides is 1. The normalized spacial score (nSPS) is 11.6. The van der Waals surface area contributed by atoms with Gasteiger partial charge in [0.15, 0.2) is 0 Å². The Labute approximate surface area is 77.7 Å². The van der Waals surface area contributed by atoms with E-state index < -0.39 is 5.67 Å². The van der Waals surface area contributed by atoms with Crippen LogP contribution in [0.5, 0.6) is 0 Å². The zero-order valence-corrected chi connectivity index (χ0v) is 7.54. The highest BCUT2D eigenvalue weighted by Crippen LogP contribution is 2.15. The van der Waals surface area contributed by atoms with Gasteiger partial charge in [0.05, 0.1) is 0 Å². The number of hydrogen-bond donors (Lipinski definition) is 2. The van der Waals surface area contributed by atoms with Gasteiger partial charge in [0.25, 0.3) is 0 Å². The smallest absolute Gasteiger partial charge is 0.139 e. The highest BCUT2D eigenvalue weighted by molar-refractivity contribution is 5.17. The lowest BCUT2D eigenvalue weighted by Crippen LogP contribution is -2.42. The topological polar surface area (TPSA) is 52.0 Å². The van der Waals surface area contributed by atoms with E-state index in [1.807, 2.05) is 30.3 Å². The van der Waals surface area contributed by atoms with Crippen molar-refractivity contribution >= 4 is 0 Å². The predicted molar refractivity (Wildman–Crippen MR) is 52.1 cm³/mol. The van der Waals surface area contributed by atoms with E-state index in [9.17, 15) is 4.39 Å². The van der Waals surface area contributed by atoms with Crippen molar-refractivity contribution in [3.8, 4) is 0 Å². The number of halogens is 1. The van der Waals surface area contributed by atoms with Gasteiger partial charge in [-0.3, -0.25) is 0 Å². The number of nitrogens with two attached hydrogens (primary N) is 2. The number of rotatable bonds is 4. The predicted octanol–water partition coefficient (Wildman–Crippen LogP) is 0.855. The Balaban J connectivity index is 2.68. The van der Waals surface area contributed by atoms with E-state index in [2.05, 4.69) is 0 Å². The Morgan fingerprint density at radius 1 is 1.08 bits per heavy atom. The van der Waals surface area contributed by atoms with Gasteiger partial charge in [-0.15, -0.1) is 0 Å². The summed E-state index contributed by atoms with van der Waals surface area (Å²) in [7, 11) is 0. The molecule has 0 atom stereocenters. The minimum absolute atomic E-state index is 0.0294. The zero-order chi connectivity index (χ0) is 9.73. The molecule has 0 amide bonds. The molecule has 0 fully saturated rings. The SMILES string of the molecule is NCC(F)(CN)Cc1ccccc1. The molecule has 4 N–H and O–H groups in total. The molecule has 1 aromatic carbocycles. The fourth-order valence-electron chi connectivity index (χ4n) is 1.19. The van der Waals surface area contributed by atoms with Crippen LogP contribution in [0.3, 0.4) is 0 Å². The molecular formula is C10H15FN2. The molecule has 13 heavy (non-hydrogen) atoms. The first-order valence-corrected chi connectivity index (χ1v) is 4.33. The van der Waals surface area contributed by atoms with Gasteiger partial charge in [-0.25, -0.2) is 4.39 Å². The molecule has 1 rings (SSSR count). The van der Waals surface area contributed by atoms with Crippen molar-refractivity contribution in [2.45, 2.75) is 12.1 Å². The first-order chi connectivity index (χ1) is 6.20. The Bertz CT molecular complexity index is 244. The highest BCUT2D eigenvalue weighted by Gasteiger charge is 2.25. The lowest BCUT2D eigenvalue weighted by molar-refractivity contribution is 0.184. The summed E-state index contributed by atoms with van der Waals surface area (Å²) in [5.41, 5.74) is 10.1. The van der Waals surface area contributed by atoms with Crippen molar-refractivity contribution in [1.29, 1.82) is 0 Å². The van der Waals surface area contributed by atoms with Gasteiger partial charge in [-0.05, 0) is 5.56 Å². The number of hydrogen-bond acceptors (Lipinski definition) is 2. The molecular weight excluding hydrogens is 167 g/mol. The van der Waals surface area contributed by atoms with Gasteiger partial charge in [0.1, 0.15) is 5.67 Å². The number of benzene rings is 1. The molecule has 3 heteroatoms. The minimum atomic E-state index is -1.46. The Kier molecular flexibility index (Phi) is 3.39. The van der Waals surface area contributed by atoms with Gasteiger partial charge in [-0.2, -0.15) is 0 Å². The second-order valence-corrected chi connectivity index (χ2v) is 3.22. The fourth-order valence-corrected chi connectivity index (χ4v) is 1.19. The van der Waals surface area contributed by atoms with E-state index in [0.717, 1.165) is 5.56 Å². The summed E-state index contributed by atoms with van der Waals surface area (Å²) in [6.45, 7) is -0.0587. The van der Waals surface area contributed by atoms with Crippen molar-refractivity contribution < 1.29 is 4.39 Å². The summed E-state index contributed by atoms with van der Waals surface area (Å²) < 4.78 is 13.7. The molecule has 0 saturated carbocycles. The van der Waals surface area contributed by atoms with Crippen LogP contribution in [0.25, 0.3) is 0 Å². The second-order valence-electron chi connectivity index (χ2n) is 3.22. The van der Waals surface area contributed by atoms with Crippen LogP contribution in [0.4, 0.5) is 4.39 Å². The van der Waals surface area contributed by atoms with Crippen molar-refractivity contribution in [3.63, 3.8) is 0 Å². The summed E-state index contributed by atoms with van der Waals surface area (Å²) in [4.78, 5) is 0. The summed E-state index contributed by atoms with van der Waals surface area (Å²) in [5, 5.41) is 0. The monoisotopic (exact) mass is 182 g/mol. The molecule has 0 radical (unpaired) electrons. The molecule has 1 aromatic rings. The second kappa shape index (κ2) is 4.35. The highest BCUT2D eigenvalue weighted by atomic mass is 19.1. The van der Waals surface area contributed by atoms with E-state index in [4.69, 9.17) is 11.5 Å². The van der Waals surface area contributed by atoms with E-state index in [-0.39, 0.29) is 13.1 Å². The molecule has 72 valence electrons. The van der Waals surface area contributed by atoms with Crippen LogP contribution in [0.15, 0.2) is 30.3 Å². The van der Waals surface area contributed by atoms with Crippen LogP contribution >= 0.6 is 0 Å². The molecule has 0 saturated heterocycles. The first-order valence-electron chi connectivity index (χ1n) is 4.33. The maximum Gasteiger partial charge on any atom is 0.139 e. The third-order valence-corrected chi connectivity index (χ3v) is 2.10. The van der Waals surface area contributed by atoms with E-state index in [1.165, 1.54) is 0 Å². The zero-order valence-electron chi connectivity index (χ0n) is 7.54. The van der Waals surface area contributed by atoms with Crippen LogP contribution in [0, 0.1) is 0 Å². The quantitative estimate of drug-likeness (QED) is 0.725. The largest absolute Gasteiger partial charge is 0.327 e. The summed E-state index contributed by atoms with van der Waals surface area (Å²) in [6, 6.07) is 9.40. The summed E-state index contributed by atoms with van der Waals surface area (Å²) in [5.74, 6) is 0. The third kappa shape index (κ3) is 2.79. The van der Waals surface area contributed by atoms with Crippen molar-refractivity contribution in [2.24, 2.45) is 11.5 Å². The molecule has 0 aliphatic heterocycles. The molecule has 0 unspecified atom stereocenters. The Morgan fingerprint density at radius 2 is 1.62 bits per heavy atom. The van der Waals surface area contributed by atoms with Crippen molar-refractivity contribution in [3.05, 3.63) is 35.9 Å². The summed E-state index contributed by atoms with van der Waals surface area (Å²) in [6.07, 6.45) is 0.292. The molecule has 0 bridgehead atoms. The fraction of sp³-hybridized carbons (Fsp3) is 0.400. The molecule has 0 aromatic heterocycles. The minimum Gasteiger partial charge on any atom is -0.327 e. The Morgan fingerprint density at radius 3 is 2.08 bits per heavy atom. The average Bonchev–Trinajstić information content (AvgIpc) is 2.19. The first kappa shape index (κ1) is 10.2. The lowest BCUT2D eigenvalue weighted by Gasteiger charge is -2.21. The maximum absolute atomic E-state index is 13.7. The Hall–Kier alpha value is -0.930. The lowest BCUT2D eigenvalue weighted by atomic mass is 9.97. The van der Waals surface area contributed by atoms with Gasteiger partial charge >= 0.3 is 0 Å². The van der Waals surface area contributed by atoms with Crippen LogP contribution in [-0.4, -0.2) is 18.8 Å². The van der Waals surface area contributed by atoms with Crippen LogP contribution in [0.1, 0.15) is 5.56 Å². The maximum atomic E-state index is 13.7. The van der Waals surface area contributed by atoms with E-state index in [0.29, 0.717) is 6.42 Å². The molecule has 0 aliphatic carbocycles. The van der Waals surface area contributed by atoms with Gasteiger partial charge in [0, 0.05) is 19.5 Å². The standard InChI is InChI=1S/C10H15FN2/c11-10(7-12,8-13)6-9-4-2-1-3-5-9/h1-5H,6-8,12-13H2. The van der Waals surface area contributed by atoms with Crippen LogP contribution in [-0.2, 0) is 6.42 Å². The molecule has 0 spiro atoms. The van der Waals surface area contributed by atoms with Crippen molar-refractivity contribution in [1.82, 2.24) is 0 Å². The van der Waals surface area contributed by atoms with Gasteiger partial charge in [-0.1, -0.05) is 30.3 Å². The molecule has 0 heterocycles. The third-order valence-electron chi connectivity index (χ3n) is 2.10.